The molecule has 2 spiro atoms. The van der Waals surface area contributed by atoms with Gasteiger partial charge in [0.1, 0.15) is 11.2 Å². The van der Waals surface area contributed by atoms with Crippen molar-refractivity contribution in [3.63, 3.8) is 0 Å². The number of ether oxygens (including phenoxy) is 2. The second kappa shape index (κ2) is 12.5. The fourth-order valence-electron chi connectivity index (χ4n) is 8.30. The van der Waals surface area contributed by atoms with Gasteiger partial charge < -0.3 is 9.47 Å². The van der Waals surface area contributed by atoms with Gasteiger partial charge in [0.05, 0.1) is 12.1 Å². The van der Waals surface area contributed by atoms with Gasteiger partial charge in [0.2, 0.25) is 0 Å². The average Bonchev–Trinajstić information content (AvgIpc) is 3.50. The van der Waals surface area contributed by atoms with Crippen LogP contribution >= 0.6 is 0 Å². The van der Waals surface area contributed by atoms with E-state index in [0.717, 1.165) is 64.7 Å². The number of hydrazine groups is 1. The van der Waals surface area contributed by atoms with E-state index in [2.05, 4.69) is 58.3 Å². The first-order valence-corrected chi connectivity index (χ1v) is 17.3. The Hall–Kier alpha value is -3.10. The fraction of sp³-hybridized carbons (Fsp3) is 0.632. The molecule has 2 heterocycles. The van der Waals surface area contributed by atoms with Crippen LogP contribution in [0.1, 0.15) is 91.2 Å². The first-order valence-electron chi connectivity index (χ1n) is 17.3. The van der Waals surface area contributed by atoms with E-state index in [-0.39, 0.29) is 22.9 Å². The number of hydrogen-bond donors (Lipinski definition) is 0. The highest BCUT2D eigenvalue weighted by molar-refractivity contribution is 5.76. The highest BCUT2D eigenvalue weighted by Gasteiger charge is 2.61. The summed E-state index contributed by atoms with van der Waals surface area (Å²) in [7, 11) is 0. The smallest absolute Gasteiger partial charge is 0.429 e. The minimum Gasteiger partial charge on any atom is -0.442 e. The third-order valence-electron chi connectivity index (χ3n) is 10.5. The number of rotatable bonds is 6. The summed E-state index contributed by atoms with van der Waals surface area (Å²) < 4.78 is 12.4. The number of nitrogens with zero attached hydrogens (tertiary/aromatic N) is 4. The van der Waals surface area contributed by atoms with Crippen LogP contribution in [0.5, 0.6) is 0 Å². The summed E-state index contributed by atoms with van der Waals surface area (Å²) in [5, 5.41) is 3.53. The van der Waals surface area contributed by atoms with Crippen molar-refractivity contribution in [2.75, 3.05) is 26.2 Å². The number of hydrogen-bond acceptors (Lipinski definition) is 6. The van der Waals surface area contributed by atoms with Crippen LogP contribution in [0.15, 0.2) is 60.7 Å². The standard InChI is InChI=1S/C38H54N4O4/c1-35(2,3)45-33(43)41(31-25-39(27-37(31)19-13-20-37)23-29-15-9-7-10-16-29)42(34(44)46-36(4,5)6)32-26-40(28-38(32)21-14-22-38)24-30-17-11-8-12-18-30/h7-12,15-18,31-32H,13-14,19-28H2,1-6H3. The summed E-state index contributed by atoms with van der Waals surface area (Å²) in [5.41, 5.74) is 0.889. The molecular formula is C38H54N4O4. The maximum Gasteiger partial charge on any atom is 0.429 e. The van der Waals surface area contributed by atoms with Crippen LogP contribution < -0.4 is 0 Å². The van der Waals surface area contributed by atoms with Gasteiger partial charge in [-0.1, -0.05) is 73.5 Å². The van der Waals surface area contributed by atoms with E-state index < -0.39 is 23.4 Å². The molecule has 2 aromatic rings. The Morgan fingerprint density at radius 1 is 0.652 bits per heavy atom. The zero-order chi connectivity index (χ0) is 32.7. The predicted octanol–water partition coefficient (Wildman–Crippen LogP) is 7.49. The Kier molecular flexibility index (Phi) is 8.92. The van der Waals surface area contributed by atoms with E-state index in [9.17, 15) is 9.59 Å². The monoisotopic (exact) mass is 630 g/mol. The largest absolute Gasteiger partial charge is 0.442 e. The van der Waals surface area contributed by atoms with Gasteiger partial charge in [-0.2, -0.15) is 0 Å². The van der Waals surface area contributed by atoms with E-state index in [1.165, 1.54) is 11.1 Å². The van der Waals surface area contributed by atoms with Crippen molar-refractivity contribution in [1.29, 1.82) is 0 Å². The molecule has 250 valence electrons. The summed E-state index contributed by atoms with van der Waals surface area (Å²) in [4.78, 5) is 34.2. The molecule has 2 amide bonds. The Morgan fingerprint density at radius 3 is 1.28 bits per heavy atom. The quantitative estimate of drug-likeness (QED) is 0.308. The molecule has 8 nitrogen and oxygen atoms in total. The topological polar surface area (TPSA) is 65.6 Å². The molecule has 0 radical (unpaired) electrons. The van der Waals surface area contributed by atoms with E-state index in [1.54, 1.807) is 10.0 Å². The Morgan fingerprint density at radius 2 is 1.00 bits per heavy atom. The van der Waals surface area contributed by atoms with Crippen LogP contribution in [-0.2, 0) is 22.6 Å². The molecule has 4 fully saturated rings. The van der Waals surface area contributed by atoms with Gasteiger partial charge in [-0.05, 0) is 78.4 Å². The van der Waals surface area contributed by atoms with Crippen LogP contribution in [0.2, 0.25) is 0 Å². The van der Waals surface area contributed by atoms with Gasteiger partial charge in [-0.15, -0.1) is 0 Å². The first kappa shape index (κ1) is 32.8. The van der Waals surface area contributed by atoms with E-state index in [4.69, 9.17) is 9.47 Å². The molecule has 0 aromatic heterocycles. The van der Waals surface area contributed by atoms with E-state index >= 15 is 0 Å². The van der Waals surface area contributed by atoms with Gasteiger partial charge in [0, 0.05) is 50.1 Å². The van der Waals surface area contributed by atoms with Crippen molar-refractivity contribution < 1.29 is 19.1 Å². The minimum atomic E-state index is -0.715. The van der Waals surface area contributed by atoms with Gasteiger partial charge in [0.15, 0.2) is 0 Å². The lowest BCUT2D eigenvalue weighted by atomic mass is 9.64. The second-order valence-electron chi connectivity index (χ2n) is 16.4. The third-order valence-corrected chi connectivity index (χ3v) is 10.5. The van der Waals surface area contributed by atoms with Crippen LogP contribution in [0.25, 0.3) is 0 Å². The SMILES string of the molecule is CC(C)(C)OC(=O)N(C1CN(Cc2ccccc2)CC12CCC2)N(C(=O)OC(C)(C)C)C1CN(Cc2ccccc2)CC12CCC2. The predicted molar refractivity (Wildman–Crippen MR) is 180 cm³/mol. The zero-order valence-corrected chi connectivity index (χ0v) is 28.8. The summed E-state index contributed by atoms with van der Waals surface area (Å²) >= 11 is 0. The van der Waals surface area contributed by atoms with Crippen LogP contribution in [0.4, 0.5) is 9.59 Å². The highest BCUT2D eigenvalue weighted by atomic mass is 16.6. The molecule has 46 heavy (non-hydrogen) atoms. The molecule has 2 saturated heterocycles. The van der Waals surface area contributed by atoms with Crippen molar-refractivity contribution in [3.05, 3.63) is 71.8 Å². The van der Waals surface area contributed by atoms with Crippen LogP contribution in [0, 0.1) is 10.8 Å². The van der Waals surface area contributed by atoms with Crippen molar-refractivity contribution in [1.82, 2.24) is 19.8 Å². The van der Waals surface area contributed by atoms with Gasteiger partial charge in [-0.25, -0.2) is 19.6 Å². The second-order valence-corrected chi connectivity index (χ2v) is 16.4. The number of likely N-dealkylation sites (tertiary alicyclic amines) is 2. The molecule has 2 unspecified atom stereocenters. The van der Waals surface area contributed by atoms with Gasteiger partial charge in [-0.3, -0.25) is 9.80 Å². The highest BCUT2D eigenvalue weighted by Crippen LogP contribution is 2.54. The number of carbonyl (C=O) groups is 2. The van der Waals surface area contributed by atoms with Crippen molar-refractivity contribution in [2.24, 2.45) is 10.8 Å². The normalized spacial score (nSPS) is 24.0. The van der Waals surface area contributed by atoms with Gasteiger partial charge in [0.25, 0.3) is 0 Å². The van der Waals surface area contributed by atoms with Crippen LogP contribution in [0.3, 0.4) is 0 Å². The molecule has 4 aliphatic rings. The summed E-state index contributed by atoms with van der Waals surface area (Å²) in [6.07, 6.45) is 5.46. The average molecular weight is 631 g/mol. The minimum absolute atomic E-state index is 0.0962. The first-order chi connectivity index (χ1) is 21.8. The Labute approximate surface area is 276 Å². The lowest BCUT2D eigenvalue weighted by Gasteiger charge is -2.54. The van der Waals surface area contributed by atoms with Crippen molar-refractivity contribution in [2.45, 2.75) is 116 Å². The lowest BCUT2D eigenvalue weighted by Crippen LogP contribution is -2.67. The van der Waals surface area contributed by atoms with E-state index in [1.807, 2.05) is 53.7 Å². The van der Waals surface area contributed by atoms with Crippen molar-refractivity contribution >= 4 is 12.2 Å². The Bertz CT molecular complexity index is 1260. The molecule has 2 aliphatic carbocycles. The zero-order valence-electron chi connectivity index (χ0n) is 28.8. The molecule has 2 aliphatic heterocycles. The summed E-state index contributed by atoms with van der Waals surface area (Å²) in [6, 6.07) is 20.7. The number of carbonyl (C=O) groups excluding carboxylic acids is 2. The molecular weight excluding hydrogens is 576 g/mol. The Balaban J connectivity index is 1.39. The number of amides is 2. The molecule has 2 aromatic carbocycles. The maximum absolute atomic E-state index is 14.6. The molecule has 0 N–H and O–H groups in total. The molecule has 6 rings (SSSR count). The van der Waals surface area contributed by atoms with Crippen molar-refractivity contribution in [3.8, 4) is 0 Å². The summed E-state index contributed by atoms with van der Waals surface area (Å²) in [5.74, 6) is 0. The van der Waals surface area contributed by atoms with Crippen LogP contribution in [-0.4, -0.2) is 81.5 Å². The van der Waals surface area contributed by atoms with Gasteiger partial charge >= 0.3 is 12.2 Å². The van der Waals surface area contributed by atoms with E-state index in [0.29, 0.717) is 13.1 Å². The third kappa shape index (κ3) is 6.93. The number of benzene rings is 2. The molecule has 8 heteroatoms. The molecule has 2 atom stereocenters. The molecule has 2 saturated carbocycles. The fourth-order valence-corrected chi connectivity index (χ4v) is 8.30. The lowest BCUT2D eigenvalue weighted by molar-refractivity contribution is -0.138. The maximum atomic E-state index is 14.6. The summed E-state index contributed by atoms with van der Waals surface area (Å²) in [6.45, 7) is 16.2. The molecule has 0 bridgehead atoms.